The highest BCUT2D eigenvalue weighted by Gasteiger charge is 2.45. The van der Waals surface area contributed by atoms with Gasteiger partial charge in [-0.2, -0.15) is 0 Å². The molecule has 0 aromatic rings. The normalized spacial score (nSPS) is 28.0. The summed E-state index contributed by atoms with van der Waals surface area (Å²) in [5.74, 6) is 0. The molecule has 0 saturated carbocycles. The molecule has 2 aliphatic rings. The van der Waals surface area contributed by atoms with Gasteiger partial charge in [0.05, 0.1) is 18.3 Å². The largest absolute Gasteiger partial charge is 0.394 e. The summed E-state index contributed by atoms with van der Waals surface area (Å²) >= 11 is 0. The van der Waals surface area contributed by atoms with Crippen molar-refractivity contribution < 1.29 is 40.1 Å². The van der Waals surface area contributed by atoms with E-state index in [1.54, 1.807) is 26.0 Å². The molecule has 1 aliphatic heterocycles. The Balaban J connectivity index is 1.91. The Morgan fingerprint density at radius 2 is 1.20 bits per heavy atom. The average molecular weight is 747 g/mol. The van der Waals surface area contributed by atoms with E-state index in [0.717, 1.165) is 35.1 Å². The van der Waals surface area contributed by atoms with Gasteiger partial charge in [0.1, 0.15) is 30.5 Å². The highest BCUT2D eigenvalue weighted by Crippen LogP contribution is 2.41. The van der Waals surface area contributed by atoms with Crippen LogP contribution in [0.3, 0.4) is 0 Å². The molecule has 0 aromatic heterocycles. The van der Waals surface area contributed by atoms with Gasteiger partial charge in [0.15, 0.2) is 6.29 Å². The van der Waals surface area contributed by atoms with E-state index < -0.39 is 49.0 Å². The molecule has 0 bridgehead atoms. The van der Waals surface area contributed by atoms with E-state index in [1.165, 1.54) is 16.7 Å². The average Bonchev–Trinajstić information content (AvgIpc) is 3.07. The standard InChI is InChI=1S/C46H66O8/c1-31(16-11-12-17-32(2)19-14-22-34(4)24-26-38-36(6)28-37(48)29-45(38,7)8)18-13-20-33(3)21-15-23-35(5)25-27-40(46(9,10)52)54-44-43(51)42(50)41(49)39(30-47)53-44/h11-27,37,39-44,47-52H,28-30H2,1-10H3. The minimum absolute atomic E-state index is 0.0230. The van der Waals surface area contributed by atoms with E-state index in [0.29, 0.717) is 0 Å². The van der Waals surface area contributed by atoms with Crippen molar-refractivity contribution in [2.45, 2.75) is 131 Å². The van der Waals surface area contributed by atoms with E-state index >= 15 is 0 Å². The van der Waals surface area contributed by atoms with Crippen LogP contribution < -0.4 is 0 Å². The van der Waals surface area contributed by atoms with E-state index in [2.05, 4.69) is 77.2 Å². The van der Waals surface area contributed by atoms with Crippen LogP contribution in [-0.4, -0.2) is 85.8 Å². The molecular formula is C46H66O8. The molecule has 1 fully saturated rings. The summed E-state index contributed by atoms with van der Waals surface area (Å²) in [6.45, 7) is 19.2. The van der Waals surface area contributed by atoms with Crippen molar-refractivity contribution in [1.29, 1.82) is 0 Å². The number of hydrogen-bond acceptors (Lipinski definition) is 8. The number of ether oxygens (including phenoxy) is 2. The van der Waals surface area contributed by atoms with E-state index in [1.807, 2.05) is 69.4 Å². The minimum atomic E-state index is -1.57. The lowest BCUT2D eigenvalue weighted by atomic mass is 9.71. The third-order valence-corrected chi connectivity index (χ3v) is 9.33. The first kappa shape index (κ1) is 46.7. The summed E-state index contributed by atoms with van der Waals surface area (Å²) in [7, 11) is 0. The van der Waals surface area contributed by atoms with Gasteiger partial charge < -0.3 is 40.1 Å². The summed E-state index contributed by atoms with van der Waals surface area (Å²) < 4.78 is 11.2. The van der Waals surface area contributed by atoms with Gasteiger partial charge in [-0.1, -0.05) is 151 Å². The van der Waals surface area contributed by atoms with Gasteiger partial charge in [0, 0.05) is 0 Å². The van der Waals surface area contributed by atoms with Crippen LogP contribution in [0.15, 0.2) is 142 Å². The van der Waals surface area contributed by atoms with Gasteiger partial charge in [-0.3, -0.25) is 0 Å². The molecule has 54 heavy (non-hydrogen) atoms. The predicted molar refractivity (Wildman–Crippen MR) is 220 cm³/mol. The third-order valence-electron chi connectivity index (χ3n) is 9.33. The van der Waals surface area contributed by atoms with Crippen LogP contribution in [0, 0.1) is 5.41 Å². The van der Waals surface area contributed by atoms with E-state index in [-0.39, 0.29) is 11.5 Å². The first-order chi connectivity index (χ1) is 25.2. The highest BCUT2D eigenvalue weighted by molar-refractivity contribution is 5.38. The molecular weight excluding hydrogens is 680 g/mol. The molecule has 2 rings (SSSR count). The maximum atomic E-state index is 10.7. The number of rotatable bonds is 16. The molecule has 6 N–H and O–H groups in total. The Morgan fingerprint density at radius 3 is 1.67 bits per heavy atom. The quantitative estimate of drug-likeness (QED) is 0.0893. The molecule has 1 aliphatic carbocycles. The fourth-order valence-electron chi connectivity index (χ4n) is 6.15. The second kappa shape index (κ2) is 22.2. The van der Waals surface area contributed by atoms with Crippen molar-refractivity contribution in [1.82, 2.24) is 0 Å². The molecule has 0 amide bonds. The minimum Gasteiger partial charge on any atom is -0.394 e. The Kier molecular flexibility index (Phi) is 19.2. The lowest BCUT2D eigenvalue weighted by molar-refractivity contribution is -0.316. The van der Waals surface area contributed by atoms with Crippen LogP contribution >= 0.6 is 0 Å². The molecule has 7 atom stereocenters. The van der Waals surface area contributed by atoms with Crippen LogP contribution in [-0.2, 0) is 9.47 Å². The lowest BCUT2D eigenvalue weighted by Gasteiger charge is -2.42. The van der Waals surface area contributed by atoms with Gasteiger partial charge in [0.25, 0.3) is 0 Å². The van der Waals surface area contributed by atoms with Crippen molar-refractivity contribution >= 4 is 0 Å². The molecule has 0 radical (unpaired) electrons. The molecule has 0 spiro atoms. The van der Waals surface area contributed by atoms with E-state index in [9.17, 15) is 30.6 Å². The Hall–Kier alpha value is -3.44. The van der Waals surface area contributed by atoms with Gasteiger partial charge >= 0.3 is 0 Å². The maximum absolute atomic E-state index is 10.7. The summed E-state index contributed by atoms with van der Waals surface area (Å²) in [4.78, 5) is 0. The van der Waals surface area contributed by atoms with Gasteiger partial charge in [-0.25, -0.2) is 0 Å². The molecule has 8 heteroatoms. The zero-order valence-corrected chi connectivity index (χ0v) is 34.0. The fourth-order valence-corrected chi connectivity index (χ4v) is 6.15. The van der Waals surface area contributed by atoms with Crippen molar-refractivity contribution in [2.24, 2.45) is 5.41 Å². The highest BCUT2D eigenvalue weighted by atomic mass is 16.7. The molecule has 298 valence electrons. The van der Waals surface area contributed by atoms with Crippen molar-refractivity contribution in [2.75, 3.05) is 6.61 Å². The first-order valence-corrected chi connectivity index (χ1v) is 18.7. The second-order valence-electron chi connectivity index (χ2n) is 15.8. The van der Waals surface area contributed by atoms with Crippen molar-refractivity contribution in [3.05, 3.63) is 142 Å². The first-order valence-electron chi connectivity index (χ1n) is 18.7. The van der Waals surface area contributed by atoms with Gasteiger partial charge in [-0.05, 0) is 79.2 Å². The SMILES string of the molecule is CC(C=CC=C(C)C=CC=C(C)C=CC(OC1OC(CO)C(O)C(O)C1O)C(C)(C)O)=CC=CC=C(C)C=CC=C(C)C=CC1=C(C)CC(O)CC1(C)C. The second-order valence-corrected chi connectivity index (χ2v) is 15.8. The smallest absolute Gasteiger partial charge is 0.187 e. The molecule has 0 aromatic carbocycles. The van der Waals surface area contributed by atoms with Crippen LogP contribution in [0.1, 0.15) is 82.1 Å². The van der Waals surface area contributed by atoms with Crippen LogP contribution in [0.5, 0.6) is 0 Å². The monoisotopic (exact) mass is 746 g/mol. The molecule has 1 saturated heterocycles. The van der Waals surface area contributed by atoms with Crippen molar-refractivity contribution in [3.63, 3.8) is 0 Å². The van der Waals surface area contributed by atoms with Crippen LogP contribution in [0.2, 0.25) is 0 Å². The van der Waals surface area contributed by atoms with E-state index in [4.69, 9.17) is 9.47 Å². The Bertz CT molecular complexity index is 1600. The molecule has 1 heterocycles. The lowest BCUT2D eigenvalue weighted by Crippen LogP contribution is -2.60. The summed E-state index contributed by atoms with van der Waals surface area (Å²) in [5, 5.41) is 60.7. The number of aliphatic hydroxyl groups excluding tert-OH is 5. The summed E-state index contributed by atoms with van der Waals surface area (Å²) in [6.07, 6.45) is 27.4. The summed E-state index contributed by atoms with van der Waals surface area (Å²) in [6, 6.07) is 0. The van der Waals surface area contributed by atoms with Gasteiger partial charge in [0.2, 0.25) is 0 Å². The topological polar surface area (TPSA) is 140 Å². The third kappa shape index (κ3) is 16.1. The predicted octanol–water partition coefficient (Wildman–Crippen LogP) is 7.51. The molecule has 8 nitrogen and oxygen atoms in total. The summed E-state index contributed by atoms with van der Waals surface area (Å²) in [5.41, 5.74) is 6.56. The van der Waals surface area contributed by atoms with Crippen LogP contribution in [0.25, 0.3) is 0 Å². The fraction of sp³-hybridized carbons (Fsp3) is 0.478. The molecule has 7 unspecified atom stereocenters. The van der Waals surface area contributed by atoms with Crippen molar-refractivity contribution in [3.8, 4) is 0 Å². The van der Waals surface area contributed by atoms with Crippen LogP contribution in [0.4, 0.5) is 0 Å². The Labute approximate surface area is 324 Å². The zero-order valence-electron chi connectivity index (χ0n) is 34.0. The van der Waals surface area contributed by atoms with Gasteiger partial charge in [-0.15, -0.1) is 0 Å². The number of aliphatic hydroxyl groups is 6. The zero-order chi connectivity index (χ0) is 40.6. The number of hydrogen-bond donors (Lipinski definition) is 6. The number of allylic oxidation sites excluding steroid dienone is 22. The maximum Gasteiger partial charge on any atom is 0.187 e. The Morgan fingerprint density at radius 1 is 0.741 bits per heavy atom.